The first kappa shape index (κ1) is 14.0. The van der Waals surface area contributed by atoms with Crippen LogP contribution in [0.15, 0.2) is 10.6 Å². The molecule has 6 heteroatoms. The number of aliphatic carboxylic acids is 1. The molecule has 1 aliphatic heterocycles. The highest BCUT2D eigenvalue weighted by Gasteiger charge is 2.32. The normalized spacial score (nSPS) is 24.5. The Labute approximate surface area is 112 Å². The molecule has 0 bridgehead atoms. The lowest BCUT2D eigenvalue weighted by molar-refractivity contribution is -0.145. The lowest BCUT2D eigenvalue weighted by Crippen LogP contribution is -2.46. The smallest absolute Gasteiger partial charge is 0.320 e. The van der Waals surface area contributed by atoms with Gasteiger partial charge in [0.25, 0.3) is 0 Å². The van der Waals surface area contributed by atoms with Crippen LogP contribution < -0.4 is 0 Å². The Hall–Kier alpha value is -1.40. The summed E-state index contributed by atoms with van der Waals surface area (Å²) in [5.74, 6) is 0.362. The number of methoxy groups -OCH3 is 1. The van der Waals surface area contributed by atoms with E-state index in [1.807, 2.05) is 11.0 Å². The minimum absolute atomic E-state index is 0.381. The summed E-state index contributed by atoms with van der Waals surface area (Å²) in [6.07, 6.45) is 1.71. The molecule has 1 aliphatic rings. The first-order chi connectivity index (χ1) is 9.10. The van der Waals surface area contributed by atoms with Gasteiger partial charge in [-0.1, -0.05) is 12.1 Å². The second-order valence-corrected chi connectivity index (χ2v) is 5.17. The first-order valence-electron chi connectivity index (χ1n) is 6.50. The van der Waals surface area contributed by atoms with Gasteiger partial charge in [-0.15, -0.1) is 0 Å². The van der Waals surface area contributed by atoms with Crippen molar-refractivity contribution in [2.24, 2.45) is 5.92 Å². The van der Waals surface area contributed by atoms with Gasteiger partial charge in [-0.05, 0) is 25.3 Å². The van der Waals surface area contributed by atoms with Gasteiger partial charge < -0.3 is 14.4 Å². The van der Waals surface area contributed by atoms with Crippen LogP contribution in [0.25, 0.3) is 0 Å². The summed E-state index contributed by atoms with van der Waals surface area (Å²) in [6.45, 7) is 3.77. The first-order valence-corrected chi connectivity index (χ1v) is 6.50. The monoisotopic (exact) mass is 268 g/mol. The van der Waals surface area contributed by atoms with E-state index in [4.69, 9.17) is 9.26 Å². The molecule has 2 atom stereocenters. The van der Waals surface area contributed by atoms with E-state index in [-0.39, 0.29) is 0 Å². The maximum atomic E-state index is 11.3. The molecule has 2 heterocycles. The highest BCUT2D eigenvalue weighted by Crippen LogP contribution is 2.24. The van der Waals surface area contributed by atoms with E-state index >= 15 is 0 Å². The van der Waals surface area contributed by atoms with Crippen LogP contribution in [-0.2, 0) is 22.7 Å². The molecule has 0 spiro atoms. The van der Waals surface area contributed by atoms with E-state index in [0.29, 0.717) is 31.3 Å². The lowest BCUT2D eigenvalue weighted by Gasteiger charge is -2.35. The predicted octanol–water partition coefficient (Wildman–Crippen LogP) is 1.51. The third-order valence-electron chi connectivity index (χ3n) is 3.52. The van der Waals surface area contributed by atoms with Crippen LogP contribution in [-0.4, -0.2) is 40.8 Å². The molecule has 0 aliphatic carbocycles. The SMILES string of the molecule is COCc1cc(CN2CCC(C)CC2C(=O)O)no1. The maximum Gasteiger partial charge on any atom is 0.320 e. The zero-order valence-corrected chi connectivity index (χ0v) is 11.3. The van der Waals surface area contributed by atoms with Gasteiger partial charge in [-0.25, -0.2) is 0 Å². The molecule has 19 heavy (non-hydrogen) atoms. The molecule has 0 aromatic carbocycles. The predicted molar refractivity (Wildman–Crippen MR) is 67.4 cm³/mol. The number of likely N-dealkylation sites (tertiary alicyclic amines) is 1. The number of piperidine rings is 1. The zero-order chi connectivity index (χ0) is 13.8. The van der Waals surface area contributed by atoms with Crippen molar-refractivity contribution < 1.29 is 19.2 Å². The maximum absolute atomic E-state index is 11.3. The van der Waals surface area contributed by atoms with Crippen LogP contribution in [0, 0.1) is 5.92 Å². The van der Waals surface area contributed by atoms with Gasteiger partial charge in [-0.3, -0.25) is 9.69 Å². The summed E-state index contributed by atoms with van der Waals surface area (Å²) in [4.78, 5) is 13.3. The van der Waals surface area contributed by atoms with Gasteiger partial charge in [0.15, 0.2) is 5.76 Å². The Morgan fingerprint density at radius 1 is 1.68 bits per heavy atom. The van der Waals surface area contributed by atoms with Crippen LogP contribution in [0.1, 0.15) is 31.2 Å². The van der Waals surface area contributed by atoms with E-state index in [1.165, 1.54) is 0 Å². The van der Waals surface area contributed by atoms with Gasteiger partial charge in [0.1, 0.15) is 12.6 Å². The summed E-state index contributed by atoms with van der Waals surface area (Å²) in [6, 6.07) is 1.40. The van der Waals surface area contributed by atoms with Crippen LogP contribution >= 0.6 is 0 Å². The molecule has 1 N–H and O–H groups in total. The minimum atomic E-state index is -0.757. The summed E-state index contributed by atoms with van der Waals surface area (Å²) in [5.41, 5.74) is 0.757. The summed E-state index contributed by atoms with van der Waals surface area (Å²) >= 11 is 0. The third kappa shape index (κ3) is 3.54. The van der Waals surface area contributed by atoms with Crippen molar-refractivity contribution in [3.05, 3.63) is 17.5 Å². The Kier molecular flexibility index (Phi) is 4.55. The molecule has 2 rings (SSSR count). The van der Waals surface area contributed by atoms with E-state index in [9.17, 15) is 9.90 Å². The van der Waals surface area contributed by atoms with E-state index in [1.54, 1.807) is 7.11 Å². The van der Waals surface area contributed by atoms with E-state index in [2.05, 4.69) is 12.1 Å². The fourth-order valence-electron chi connectivity index (χ4n) is 2.49. The molecule has 0 saturated carbocycles. The van der Waals surface area contributed by atoms with Crippen molar-refractivity contribution in [1.82, 2.24) is 10.1 Å². The quantitative estimate of drug-likeness (QED) is 0.872. The number of hydrogen-bond donors (Lipinski definition) is 1. The summed E-state index contributed by atoms with van der Waals surface area (Å²) in [5, 5.41) is 13.2. The van der Waals surface area contributed by atoms with Crippen molar-refractivity contribution in [2.45, 2.75) is 39.0 Å². The fraction of sp³-hybridized carbons (Fsp3) is 0.692. The Bertz CT molecular complexity index is 432. The van der Waals surface area contributed by atoms with Crippen molar-refractivity contribution >= 4 is 5.97 Å². The van der Waals surface area contributed by atoms with Crippen molar-refractivity contribution in [3.63, 3.8) is 0 Å². The zero-order valence-electron chi connectivity index (χ0n) is 11.3. The number of carboxylic acids is 1. The fourth-order valence-corrected chi connectivity index (χ4v) is 2.49. The Morgan fingerprint density at radius 2 is 2.47 bits per heavy atom. The van der Waals surface area contributed by atoms with Crippen LogP contribution in [0.2, 0.25) is 0 Å². The van der Waals surface area contributed by atoms with Crippen molar-refractivity contribution in [3.8, 4) is 0 Å². The largest absolute Gasteiger partial charge is 0.480 e. The average molecular weight is 268 g/mol. The van der Waals surface area contributed by atoms with Gasteiger partial charge in [0.05, 0.1) is 5.69 Å². The average Bonchev–Trinajstić information content (AvgIpc) is 2.79. The van der Waals surface area contributed by atoms with Gasteiger partial charge in [0, 0.05) is 19.7 Å². The second-order valence-electron chi connectivity index (χ2n) is 5.17. The molecule has 6 nitrogen and oxygen atoms in total. The lowest BCUT2D eigenvalue weighted by atomic mass is 9.92. The van der Waals surface area contributed by atoms with Gasteiger partial charge in [0.2, 0.25) is 0 Å². The minimum Gasteiger partial charge on any atom is -0.480 e. The Morgan fingerprint density at radius 3 is 3.16 bits per heavy atom. The number of hydrogen-bond acceptors (Lipinski definition) is 5. The summed E-state index contributed by atoms with van der Waals surface area (Å²) < 4.78 is 10.1. The van der Waals surface area contributed by atoms with Gasteiger partial charge in [-0.2, -0.15) is 0 Å². The van der Waals surface area contributed by atoms with Gasteiger partial charge >= 0.3 is 5.97 Å². The van der Waals surface area contributed by atoms with Crippen molar-refractivity contribution in [1.29, 1.82) is 0 Å². The van der Waals surface area contributed by atoms with Crippen LogP contribution in [0.4, 0.5) is 0 Å². The molecular weight excluding hydrogens is 248 g/mol. The van der Waals surface area contributed by atoms with Crippen LogP contribution in [0.5, 0.6) is 0 Å². The molecular formula is C13H20N2O4. The number of carboxylic acid groups (broad SMARTS) is 1. The van der Waals surface area contributed by atoms with E-state index < -0.39 is 12.0 Å². The number of carbonyl (C=O) groups is 1. The second kappa shape index (κ2) is 6.16. The van der Waals surface area contributed by atoms with Crippen LogP contribution in [0.3, 0.4) is 0 Å². The number of nitrogens with zero attached hydrogens (tertiary/aromatic N) is 2. The third-order valence-corrected chi connectivity index (χ3v) is 3.52. The number of rotatable bonds is 5. The Balaban J connectivity index is 2.01. The molecule has 106 valence electrons. The highest BCUT2D eigenvalue weighted by atomic mass is 16.5. The standard InChI is InChI=1S/C13H20N2O4/c1-9-3-4-15(12(5-9)13(16)17)7-10-6-11(8-18-2)19-14-10/h6,9,12H,3-5,7-8H2,1-2H3,(H,16,17). The number of ether oxygens (including phenoxy) is 1. The highest BCUT2D eigenvalue weighted by molar-refractivity contribution is 5.73. The van der Waals surface area contributed by atoms with Crippen molar-refractivity contribution in [2.75, 3.05) is 13.7 Å². The topological polar surface area (TPSA) is 75.8 Å². The molecule has 1 aromatic rings. The molecule has 1 aromatic heterocycles. The molecule has 1 saturated heterocycles. The molecule has 1 fully saturated rings. The molecule has 0 amide bonds. The summed E-state index contributed by atoms with van der Waals surface area (Å²) in [7, 11) is 1.59. The number of aromatic nitrogens is 1. The molecule has 0 radical (unpaired) electrons. The van der Waals surface area contributed by atoms with E-state index in [0.717, 1.165) is 18.7 Å². The molecule has 2 unspecified atom stereocenters.